The second-order valence-corrected chi connectivity index (χ2v) is 8.75. The lowest BCUT2D eigenvalue weighted by atomic mass is 9.92. The Morgan fingerprint density at radius 2 is 1.77 bits per heavy atom. The van der Waals surface area contributed by atoms with E-state index in [0.29, 0.717) is 33.2 Å². The number of nitrogens with zero attached hydrogens (tertiary/aromatic N) is 3. The zero-order chi connectivity index (χ0) is 27.9. The third-order valence-electron chi connectivity index (χ3n) is 6.12. The molecule has 39 heavy (non-hydrogen) atoms. The molecular weight excluding hydrogens is 514 g/mol. The molecule has 7 nitrogen and oxygen atoms in total. The van der Waals surface area contributed by atoms with Gasteiger partial charge in [-0.25, -0.2) is 15.0 Å². The molecule has 196 valence electrons. The predicted octanol–water partition coefficient (Wildman–Crippen LogP) is 6.37. The number of alkyl halides is 3. The normalized spacial score (nSPS) is 11.5. The summed E-state index contributed by atoms with van der Waals surface area (Å²) >= 11 is 0. The average Bonchev–Trinajstić information content (AvgIpc) is 2.89. The molecule has 2 heterocycles. The van der Waals surface area contributed by atoms with Crippen LogP contribution < -0.4 is 11.1 Å². The first-order chi connectivity index (χ1) is 18.5. The van der Waals surface area contributed by atoms with Gasteiger partial charge in [0, 0.05) is 40.2 Å². The highest BCUT2D eigenvalue weighted by Crippen LogP contribution is 2.44. The number of hydrogen-bond donors (Lipinski definition) is 3. The van der Waals surface area contributed by atoms with Crippen LogP contribution in [0.5, 0.6) is 5.75 Å². The van der Waals surface area contributed by atoms with Crippen LogP contribution in [0.3, 0.4) is 0 Å². The Bertz CT molecular complexity index is 1740. The quantitative estimate of drug-likeness (QED) is 0.183. The van der Waals surface area contributed by atoms with Crippen molar-refractivity contribution in [3.05, 3.63) is 95.7 Å². The Labute approximate surface area is 219 Å². The number of nitrogen functional groups attached to an aromatic ring is 1. The Kier molecular flexibility index (Phi) is 6.35. The molecule has 4 N–H and O–H groups in total. The fourth-order valence-corrected chi connectivity index (χ4v) is 4.21. The number of phenols is 1. The summed E-state index contributed by atoms with van der Waals surface area (Å²) in [4.78, 5) is 24.9. The van der Waals surface area contributed by atoms with E-state index in [9.17, 15) is 27.5 Å². The van der Waals surface area contributed by atoms with Crippen molar-refractivity contribution in [2.75, 3.05) is 11.1 Å². The number of aryl methyl sites for hydroxylation is 1. The third-order valence-corrected chi connectivity index (χ3v) is 6.12. The van der Waals surface area contributed by atoms with Gasteiger partial charge < -0.3 is 16.2 Å². The highest BCUT2D eigenvalue weighted by Gasteiger charge is 2.30. The minimum absolute atomic E-state index is 0.0219. The van der Waals surface area contributed by atoms with Crippen molar-refractivity contribution >= 4 is 28.4 Å². The smallest absolute Gasteiger partial charge is 0.416 e. The van der Waals surface area contributed by atoms with E-state index in [2.05, 4.69) is 20.3 Å². The van der Waals surface area contributed by atoms with E-state index in [0.717, 1.165) is 18.2 Å². The summed E-state index contributed by atoms with van der Waals surface area (Å²) in [5.74, 6) is -1.60. The van der Waals surface area contributed by atoms with E-state index in [1.165, 1.54) is 42.7 Å². The summed E-state index contributed by atoms with van der Waals surface area (Å²) < 4.78 is 52.8. The molecule has 0 saturated carbocycles. The predicted molar refractivity (Wildman–Crippen MR) is 138 cm³/mol. The zero-order valence-electron chi connectivity index (χ0n) is 20.2. The summed E-state index contributed by atoms with van der Waals surface area (Å²) in [5, 5.41) is 14.4. The Balaban J connectivity index is 1.61. The number of carbonyl (C=O) groups is 1. The van der Waals surface area contributed by atoms with Gasteiger partial charge in [0.1, 0.15) is 5.75 Å². The van der Waals surface area contributed by atoms with Gasteiger partial charge in [-0.3, -0.25) is 4.79 Å². The molecule has 0 unspecified atom stereocenters. The van der Waals surface area contributed by atoms with E-state index in [4.69, 9.17) is 5.73 Å². The number of phenolic OH excluding ortho intramolecular Hbond substituents is 1. The number of benzene rings is 3. The zero-order valence-corrected chi connectivity index (χ0v) is 20.2. The van der Waals surface area contributed by atoms with Crippen LogP contribution in [0, 0.1) is 12.9 Å². The number of hydrogen-bond acceptors (Lipinski definition) is 6. The maximum absolute atomic E-state index is 13.5. The topological polar surface area (TPSA) is 114 Å². The number of anilines is 2. The highest BCUT2D eigenvalue weighted by molar-refractivity contribution is 6.06. The molecule has 0 bridgehead atoms. The van der Waals surface area contributed by atoms with Crippen molar-refractivity contribution in [2.45, 2.75) is 13.1 Å². The summed E-state index contributed by atoms with van der Waals surface area (Å²) in [6.45, 7) is 1.77. The molecule has 0 atom stereocenters. The fraction of sp³-hybridized carbons (Fsp3) is 0.0714. The van der Waals surface area contributed by atoms with Crippen molar-refractivity contribution < 1.29 is 27.5 Å². The number of aromatic hydroxyl groups is 1. The summed E-state index contributed by atoms with van der Waals surface area (Å²) in [5.41, 5.74) is 7.42. The molecule has 5 aromatic rings. The minimum atomic E-state index is -4.56. The summed E-state index contributed by atoms with van der Waals surface area (Å²) in [6, 6.07) is 13.2. The number of amides is 1. The van der Waals surface area contributed by atoms with Crippen LogP contribution in [0.2, 0.25) is 0 Å². The van der Waals surface area contributed by atoms with Gasteiger partial charge in [-0.1, -0.05) is 12.1 Å². The lowest BCUT2D eigenvalue weighted by Crippen LogP contribution is -2.13. The molecular formula is C28H19F4N5O2. The van der Waals surface area contributed by atoms with Gasteiger partial charge in [-0.2, -0.15) is 17.6 Å². The number of halogens is 4. The molecule has 0 spiro atoms. The monoisotopic (exact) mass is 533 g/mol. The van der Waals surface area contributed by atoms with Crippen LogP contribution in [-0.4, -0.2) is 26.0 Å². The molecule has 0 saturated heterocycles. The van der Waals surface area contributed by atoms with Gasteiger partial charge in [0.2, 0.25) is 11.9 Å². The Morgan fingerprint density at radius 1 is 0.974 bits per heavy atom. The minimum Gasteiger partial charge on any atom is -0.507 e. The van der Waals surface area contributed by atoms with Gasteiger partial charge in [0.15, 0.2) is 0 Å². The summed E-state index contributed by atoms with van der Waals surface area (Å²) in [6.07, 6.45) is -1.84. The van der Waals surface area contributed by atoms with Gasteiger partial charge >= 0.3 is 6.18 Å². The van der Waals surface area contributed by atoms with E-state index in [-0.39, 0.29) is 28.5 Å². The number of pyridine rings is 1. The number of nitrogens with two attached hydrogens (primary N) is 1. The second kappa shape index (κ2) is 9.67. The number of rotatable bonds is 4. The summed E-state index contributed by atoms with van der Waals surface area (Å²) in [7, 11) is 0. The van der Waals surface area contributed by atoms with E-state index >= 15 is 0 Å². The Hall–Kier alpha value is -5.06. The van der Waals surface area contributed by atoms with Gasteiger partial charge in [0.25, 0.3) is 5.91 Å². The molecule has 0 aliphatic carbocycles. The van der Waals surface area contributed by atoms with Crippen molar-refractivity contribution in [1.82, 2.24) is 15.0 Å². The maximum Gasteiger partial charge on any atom is 0.416 e. The van der Waals surface area contributed by atoms with E-state index in [1.54, 1.807) is 19.1 Å². The van der Waals surface area contributed by atoms with Crippen LogP contribution in [0.25, 0.3) is 33.2 Å². The van der Waals surface area contributed by atoms with Crippen LogP contribution in [0.4, 0.5) is 29.2 Å². The van der Waals surface area contributed by atoms with Crippen molar-refractivity contribution in [1.29, 1.82) is 0 Å². The first-order valence-electron chi connectivity index (χ1n) is 11.5. The molecule has 0 fully saturated rings. The fourth-order valence-electron chi connectivity index (χ4n) is 4.21. The molecule has 2 aromatic heterocycles. The standard InChI is InChI=1S/C28H19F4N5O2/c1-14-5-6-15(26(39)36-19-4-2-3-18(11-19)28(30,31)32)9-20(14)21-10-17-13-35-27(33)37-24(17)23(25(21)38)16-7-8-22(29)34-12-16/h2-13,38H,1H3,(H,36,39)(H2,33,35,37). The third kappa shape index (κ3) is 5.06. The van der Waals surface area contributed by atoms with Gasteiger partial charge in [0.05, 0.1) is 16.6 Å². The van der Waals surface area contributed by atoms with Crippen molar-refractivity contribution in [2.24, 2.45) is 0 Å². The van der Waals surface area contributed by atoms with E-state index < -0.39 is 23.6 Å². The largest absolute Gasteiger partial charge is 0.507 e. The lowest BCUT2D eigenvalue weighted by molar-refractivity contribution is -0.137. The maximum atomic E-state index is 13.5. The van der Waals surface area contributed by atoms with Gasteiger partial charge in [-0.05, 0) is 66.6 Å². The van der Waals surface area contributed by atoms with Crippen LogP contribution in [-0.2, 0) is 6.18 Å². The van der Waals surface area contributed by atoms with Crippen molar-refractivity contribution in [3.8, 4) is 28.0 Å². The van der Waals surface area contributed by atoms with E-state index in [1.807, 2.05) is 0 Å². The van der Waals surface area contributed by atoms with Crippen LogP contribution in [0.15, 0.2) is 73.1 Å². The molecule has 0 radical (unpaired) electrons. The number of aromatic nitrogens is 3. The van der Waals surface area contributed by atoms with Crippen molar-refractivity contribution in [3.63, 3.8) is 0 Å². The highest BCUT2D eigenvalue weighted by atomic mass is 19.4. The molecule has 0 aliphatic rings. The number of fused-ring (bicyclic) bond motifs is 1. The van der Waals surface area contributed by atoms with Crippen LogP contribution in [0.1, 0.15) is 21.5 Å². The SMILES string of the molecule is Cc1ccc(C(=O)Nc2cccc(C(F)(F)F)c2)cc1-c1cc2cnc(N)nc2c(-c2ccc(F)nc2)c1O. The Morgan fingerprint density at radius 3 is 2.49 bits per heavy atom. The average molecular weight is 533 g/mol. The molecule has 0 aliphatic heterocycles. The van der Waals surface area contributed by atoms with Gasteiger partial charge in [-0.15, -0.1) is 0 Å². The first kappa shape index (κ1) is 25.6. The molecule has 3 aromatic carbocycles. The number of nitrogens with one attached hydrogen (secondary N) is 1. The second-order valence-electron chi connectivity index (χ2n) is 8.75. The lowest BCUT2D eigenvalue weighted by Gasteiger charge is -2.16. The molecule has 1 amide bonds. The van der Waals surface area contributed by atoms with Crippen LogP contribution >= 0.6 is 0 Å². The molecule has 5 rings (SSSR count). The molecule has 11 heteroatoms. The first-order valence-corrected chi connectivity index (χ1v) is 11.5. The number of carbonyl (C=O) groups excluding carboxylic acids is 1.